The molecule has 2 saturated carbocycles. The van der Waals surface area contributed by atoms with Crippen molar-refractivity contribution in [1.29, 1.82) is 0 Å². The predicted octanol–water partition coefficient (Wildman–Crippen LogP) is 4.06. The molecule has 0 aromatic carbocycles. The Morgan fingerprint density at radius 1 is 1.08 bits per heavy atom. The van der Waals surface area contributed by atoms with Gasteiger partial charge in [0.15, 0.2) is 0 Å². The number of hydrogen-bond donors (Lipinski definition) is 2. The van der Waals surface area contributed by atoms with Gasteiger partial charge in [-0.25, -0.2) is 0 Å². The number of carbonyl (C=O) groups is 2. The lowest BCUT2D eigenvalue weighted by molar-refractivity contribution is 0.0934. The van der Waals surface area contributed by atoms with Gasteiger partial charge >= 0.3 is 0 Å². The smallest absolute Gasteiger partial charge is 0.261 e. The van der Waals surface area contributed by atoms with Gasteiger partial charge in [-0.1, -0.05) is 29.5 Å². The largest absolute Gasteiger partial charge is 0.349 e. The van der Waals surface area contributed by atoms with E-state index in [4.69, 9.17) is 0 Å². The first-order valence-corrected chi connectivity index (χ1v) is 10.8. The fourth-order valence-electron chi connectivity index (χ4n) is 3.72. The molecule has 0 aliphatic heterocycles. The zero-order valence-electron chi connectivity index (χ0n) is 14.2. The second-order valence-electron chi connectivity index (χ2n) is 7.29. The van der Waals surface area contributed by atoms with Gasteiger partial charge < -0.3 is 10.6 Å². The summed E-state index contributed by atoms with van der Waals surface area (Å²) in [5.41, 5.74) is 0.895. The Kier molecular flexibility index (Phi) is 5.85. The number of alkyl halides is 1. The SMILES string of the molecule is Cc1cc(C(=O)NC2CCC(I)C2)sc1C(=O)NC1CCC(C)C1. The molecule has 4 atom stereocenters. The van der Waals surface area contributed by atoms with Crippen molar-refractivity contribution in [3.8, 4) is 0 Å². The monoisotopic (exact) mass is 460 g/mol. The number of rotatable bonds is 4. The van der Waals surface area contributed by atoms with Gasteiger partial charge in [-0.15, -0.1) is 11.3 Å². The van der Waals surface area contributed by atoms with Gasteiger partial charge in [0.25, 0.3) is 11.8 Å². The van der Waals surface area contributed by atoms with Gasteiger partial charge in [0.05, 0.1) is 9.75 Å². The predicted molar refractivity (Wildman–Crippen MR) is 106 cm³/mol. The number of carbonyl (C=O) groups excluding carboxylic acids is 2. The summed E-state index contributed by atoms with van der Waals surface area (Å²) in [5.74, 6) is 0.630. The van der Waals surface area contributed by atoms with Crippen molar-refractivity contribution in [2.45, 2.75) is 68.4 Å². The van der Waals surface area contributed by atoms with Crippen molar-refractivity contribution in [1.82, 2.24) is 10.6 Å². The second kappa shape index (κ2) is 7.72. The highest BCUT2D eigenvalue weighted by molar-refractivity contribution is 14.1. The van der Waals surface area contributed by atoms with Crippen LogP contribution in [0.25, 0.3) is 0 Å². The molecule has 3 rings (SSSR count). The van der Waals surface area contributed by atoms with Crippen LogP contribution in [0, 0.1) is 12.8 Å². The van der Waals surface area contributed by atoms with E-state index in [9.17, 15) is 9.59 Å². The first-order valence-electron chi connectivity index (χ1n) is 8.78. The summed E-state index contributed by atoms with van der Waals surface area (Å²) in [4.78, 5) is 26.3. The zero-order valence-corrected chi connectivity index (χ0v) is 17.2. The van der Waals surface area contributed by atoms with Gasteiger partial charge in [0.1, 0.15) is 0 Å². The van der Waals surface area contributed by atoms with Crippen molar-refractivity contribution in [3.05, 3.63) is 21.4 Å². The van der Waals surface area contributed by atoms with Crippen LogP contribution in [0.4, 0.5) is 0 Å². The molecule has 1 aromatic rings. The third-order valence-corrected chi connectivity index (χ3v) is 7.45. The summed E-state index contributed by atoms with van der Waals surface area (Å²) < 4.78 is 0.660. The van der Waals surface area contributed by atoms with Crippen LogP contribution in [0.3, 0.4) is 0 Å². The number of hydrogen-bond acceptors (Lipinski definition) is 3. The topological polar surface area (TPSA) is 58.2 Å². The van der Waals surface area contributed by atoms with Crippen LogP contribution < -0.4 is 10.6 Å². The minimum absolute atomic E-state index is 0.0242. The standard InChI is InChI=1S/C18H25IN2O2S/c1-10-3-5-13(7-10)21-18(23)16-11(2)8-15(24-16)17(22)20-14-6-4-12(19)9-14/h8,10,12-14H,3-7,9H2,1-2H3,(H,20,22)(H,21,23). The first-order chi connectivity index (χ1) is 11.4. The minimum Gasteiger partial charge on any atom is -0.349 e. The molecule has 24 heavy (non-hydrogen) atoms. The Balaban J connectivity index is 1.61. The quantitative estimate of drug-likeness (QED) is 0.526. The summed E-state index contributed by atoms with van der Waals surface area (Å²) in [6, 6.07) is 2.41. The Bertz CT molecular complexity index is 631. The molecule has 2 fully saturated rings. The van der Waals surface area contributed by atoms with Crippen molar-refractivity contribution >= 4 is 45.7 Å². The average Bonchev–Trinajstić information content (AvgIpc) is 3.20. The normalized spacial score (nSPS) is 29.6. The lowest BCUT2D eigenvalue weighted by Crippen LogP contribution is -2.33. The van der Waals surface area contributed by atoms with Gasteiger partial charge in [0, 0.05) is 16.0 Å². The highest BCUT2D eigenvalue weighted by atomic mass is 127. The molecule has 2 amide bonds. The fourth-order valence-corrected chi connectivity index (χ4v) is 5.67. The molecule has 0 radical (unpaired) electrons. The summed E-state index contributed by atoms with van der Waals surface area (Å²) in [7, 11) is 0. The molecule has 2 aliphatic carbocycles. The number of halogens is 1. The molecule has 6 heteroatoms. The number of amides is 2. The summed E-state index contributed by atoms with van der Waals surface area (Å²) in [6.45, 7) is 4.14. The maximum atomic E-state index is 12.5. The molecule has 4 unspecified atom stereocenters. The molecule has 0 saturated heterocycles. The zero-order chi connectivity index (χ0) is 17.3. The van der Waals surface area contributed by atoms with Gasteiger partial charge in [0.2, 0.25) is 0 Å². The lowest BCUT2D eigenvalue weighted by Gasteiger charge is -2.12. The summed E-state index contributed by atoms with van der Waals surface area (Å²) in [5, 5.41) is 6.26. The number of nitrogens with one attached hydrogen (secondary N) is 2. The van der Waals surface area contributed by atoms with Crippen LogP contribution >= 0.6 is 33.9 Å². The van der Waals surface area contributed by atoms with Gasteiger partial charge in [-0.3, -0.25) is 9.59 Å². The molecule has 2 aliphatic rings. The van der Waals surface area contributed by atoms with Gasteiger partial charge in [-0.2, -0.15) is 0 Å². The fraction of sp³-hybridized carbons (Fsp3) is 0.667. The van der Waals surface area contributed by atoms with E-state index in [0.717, 1.165) is 31.2 Å². The van der Waals surface area contributed by atoms with Crippen LogP contribution in [0.1, 0.15) is 70.4 Å². The van der Waals surface area contributed by atoms with Crippen LogP contribution in [0.2, 0.25) is 0 Å². The van der Waals surface area contributed by atoms with Crippen LogP contribution in [-0.4, -0.2) is 27.8 Å². The Hall–Kier alpha value is -0.630. The number of thiophene rings is 1. The molecule has 1 heterocycles. The maximum absolute atomic E-state index is 12.5. The van der Waals surface area contributed by atoms with Crippen molar-refractivity contribution in [2.75, 3.05) is 0 Å². The molecular formula is C18H25IN2O2S. The van der Waals surface area contributed by atoms with Crippen molar-refractivity contribution in [2.24, 2.45) is 5.92 Å². The lowest BCUT2D eigenvalue weighted by atomic mass is 10.1. The minimum atomic E-state index is -0.0351. The maximum Gasteiger partial charge on any atom is 0.261 e. The van der Waals surface area contributed by atoms with E-state index in [2.05, 4.69) is 40.1 Å². The van der Waals surface area contributed by atoms with Crippen LogP contribution in [0.15, 0.2) is 6.07 Å². The average molecular weight is 460 g/mol. The molecule has 2 N–H and O–H groups in total. The third-order valence-electron chi connectivity index (χ3n) is 5.08. The molecule has 0 spiro atoms. The molecule has 132 valence electrons. The molecule has 1 aromatic heterocycles. The molecule has 4 nitrogen and oxygen atoms in total. The Morgan fingerprint density at radius 3 is 2.38 bits per heavy atom. The van der Waals surface area contributed by atoms with Crippen molar-refractivity contribution < 1.29 is 9.59 Å². The van der Waals surface area contributed by atoms with E-state index in [0.29, 0.717) is 19.6 Å². The first kappa shape index (κ1) is 18.2. The van der Waals surface area contributed by atoms with E-state index in [-0.39, 0.29) is 23.9 Å². The van der Waals surface area contributed by atoms with E-state index in [1.807, 2.05) is 13.0 Å². The number of aryl methyl sites for hydroxylation is 1. The van der Waals surface area contributed by atoms with Crippen LogP contribution in [-0.2, 0) is 0 Å². The second-order valence-corrected chi connectivity index (χ2v) is 10.1. The molecule has 0 bridgehead atoms. The van der Waals surface area contributed by atoms with E-state index < -0.39 is 0 Å². The van der Waals surface area contributed by atoms with E-state index in [1.54, 1.807) is 0 Å². The third kappa shape index (κ3) is 4.31. The van der Waals surface area contributed by atoms with Gasteiger partial charge in [-0.05, 0) is 63.0 Å². The van der Waals surface area contributed by atoms with Crippen molar-refractivity contribution in [3.63, 3.8) is 0 Å². The Labute approximate surface area is 161 Å². The summed E-state index contributed by atoms with van der Waals surface area (Å²) in [6.07, 6.45) is 6.57. The van der Waals surface area contributed by atoms with Crippen LogP contribution in [0.5, 0.6) is 0 Å². The van der Waals surface area contributed by atoms with E-state index in [1.165, 1.54) is 24.2 Å². The Morgan fingerprint density at radius 2 is 1.75 bits per heavy atom. The van der Waals surface area contributed by atoms with E-state index >= 15 is 0 Å². The molecular weight excluding hydrogens is 435 g/mol. The highest BCUT2D eigenvalue weighted by Gasteiger charge is 2.27. The highest BCUT2D eigenvalue weighted by Crippen LogP contribution is 2.28. The summed E-state index contributed by atoms with van der Waals surface area (Å²) >= 11 is 3.77.